The number of piperidine rings is 1. The lowest BCUT2D eigenvalue weighted by Gasteiger charge is -2.45. The molecule has 0 spiro atoms. The number of ether oxygens (including phenoxy) is 1. The summed E-state index contributed by atoms with van der Waals surface area (Å²) in [6.45, 7) is 3.06. The molecule has 5 atom stereocenters. The van der Waals surface area contributed by atoms with Crippen LogP contribution in [0.15, 0.2) is 23.2 Å². The molecule has 1 aromatic rings. The molecule has 1 aromatic carbocycles. The molecular weight excluding hydrogens is 372 g/mol. The molecule has 2 aliphatic heterocycles. The molecule has 1 aliphatic carbocycles. The van der Waals surface area contributed by atoms with Gasteiger partial charge >= 0.3 is 5.97 Å². The number of aliphatic hydroxyl groups is 1. The Morgan fingerprint density at radius 1 is 1.31 bits per heavy atom. The van der Waals surface area contributed by atoms with Crippen molar-refractivity contribution >= 4 is 11.9 Å². The molecule has 0 radical (unpaired) electrons. The van der Waals surface area contributed by atoms with Crippen LogP contribution in [0.2, 0.25) is 0 Å². The number of phenolic OH excluding ortho intramolecular Hbond substituents is 1. The number of nitrogens with zero attached hydrogens (tertiary/aromatic N) is 2. The van der Waals surface area contributed by atoms with Crippen molar-refractivity contribution in [2.75, 3.05) is 19.7 Å². The second kappa shape index (κ2) is 8.32. The van der Waals surface area contributed by atoms with Gasteiger partial charge in [-0.2, -0.15) is 0 Å². The molecular formula is C22H30N2O5. The zero-order valence-corrected chi connectivity index (χ0v) is 16.8. The molecule has 4 rings (SSSR count). The zero-order valence-electron chi connectivity index (χ0n) is 16.8. The summed E-state index contributed by atoms with van der Waals surface area (Å²) in [5.41, 5.74) is 1.40. The highest BCUT2D eigenvalue weighted by Gasteiger charge is 2.41. The predicted octanol–water partition coefficient (Wildman–Crippen LogP) is 2.17. The van der Waals surface area contributed by atoms with Crippen molar-refractivity contribution in [3.8, 4) is 5.75 Å². The van der Waals surface area contributed by atoms with Crippen molar-refractivity contribution in [2.24, 2.45) is 16.8 Å². The molecule has 3 N–H and O–H groups in total. The number of aliphatic imine (C=N–C) groups is 1. The molecule has 0 amide bonds. The van der Waals surface area contributed by atoms with Crippen LogP contribution in [0.5, 0.6) is 5.75 Å². The highest BCUT2D eigenvalue weighted by atomic mass is 16.5. The SMILES string of the molecule is Cc1c(O)cccc1C1=N[C@H]([C@H](O)CN2C[C@H]3CCCC[C@H]3C[C@H]2C(=O)O)CO1. The van der Waals surface area contributed by atoms with Gasteiger partial charge in [-0.15, -0.1) is 0 Å². The predicted molar refractivity (Wildman–Crippen MR) is 108 cm³/mol. The fourth-order valence-corrected chi connectivity index (χ4v) is 5.11. The van der Waals surface area contributed by atoms with Gasteiger partial charge in [-0.25, -0.2) is 4.99 Å². The number of aromatic hydroxyl groups is 1. The van der Waals surface area contributed by atoms with Gasteiger partial charge in [-0.05, 0) is 43.7 Å². The number of carboxylic acid groups (broad SMARTS) is 1. The number of hydrogen-bond donors (Lipinski definition) is 3. The van der Waals surface area contributed by atoms with Crippen molar-refractivity contribution in [1.82, 2.24) is 4.90 Å². The van der Waals surface area contributed by atoms with Gasteiger partial charge in [0.2, 0.25) is 5.90 Å². The van der Waals surface area contributed by atoms with E-state index in [1.54, 1.807) is 19.1 Å². The number of carbonyl (C=O) groups is 1. The molecule has 0 aromatic heterocycles. The van der Waals surface area contributed by atoms with E-state index in [1.165, 1.54) is 12.8 Å². The lowest BCUT2D eigenvalue weighted by molar-refractivity contribution is -0.148. The van der Waals surface area contributed by atoms with Gasteiger partial charge in [0, 0.05) is 24.2 Å². The summed E-state index contributed by atoms with van der Waals surface area (Å²) in [7, 11) is 0. The van der Waals surface area contributed by atoms with Crippen LogP contribution in [0.4, 0.5) is 0 Å². The number of hydrogen-bond acceptors (Lipinski definition) is 6. The molecule has 1 saturated heterocycles. The minimum Gasteiger partial charge on any atom is -0.508 e. The monoisotopic (exact) mass is 402 g/mol. The second-order valence-corrected chi connectivity index (χ2v) is 8.68. The average Bonchev–Trinajstić information content (AvgIpc) is 3.19. The zero-order chi connectivity index (χ0) is 20.5. The smallest absolute Gasteiger partial charge is 0.320 e. The van der Waals surface area contributed by atoms with E-state index in [-0.39, 0.29) is 18.9 Å². The third-order valence-electron chi connectivity index (χ3n) is 6.86. The maximum absolute atomic E-state index is 11.8. The van der Waals surface area contributed by atoms with E-state index in [9.17, 15) is 20.1 Å². The van der Waals surface area contributed by atoms with E-state index < -0.39 is 24.2 Å². The molecule has 7 heteroatoms. The number of benzene rings is 1. The van der Waals surface area contributed by atoms with E-state index in [1.807, 2.05) is 11.0 Å². The second-order valence-electron chi connectivity index (χ2n) is 8.68. The minimum atomic E-state index is -0.802. The molecule has 3 aliphatic rings. The third kappa shape index (κ3) is 4.12. The summed E-state index contributed by atoms with van der Waals surface area (Å²) in [5.74, 6) is 0.816. The average molecular weight is 402 g/mol. The first kappa shape index (κ1) is 20.2. The molecule has 2 fully saturated rings. The molecule has 29 heavy (non-hydrogen) atoms. The van der Waals surface area contributed by atoms with Crippen molar-refractivity contribution < 1.29 is 24.9 Å². The summed E-state index contributed by atoms with van der Waals surface area (Å²) in [5, 5.41) is 30.4. The number of aliphatic hydroxyl groups excluding tert-OH is 1. The van der Waals surface area contributed by atoms with Gasteiger partial charge in [-0.1, -0.05) is 25.3 Å². The van der Waals surface area contributed by atoms with E-state index in [0.29, 0.717) is 35.3 Å². The number of phenols is 1. The minimum absolute atomic E-state index is 0.178. The van der Waals surface area contributed by atoms with Gasteiger partial charge in [0.05, 0.1) is 6.10 Å². The first-order valence-corrected chi connectivity index (χ1v) is 10.6. The van der Waals surface area contributed by atoms with Crippen LogP contribution in [0.3, 0.4) is 0 Å². The Bertz CT molecular complexity index is 795. The van der Waals surface area contributed by atoms with Crippen LogP contribution >= 0.6 is 0 Å². The highest BCUT2D eigenvalue weighted by Crippen LogP contribution is 2.38. The van der Waals surface area contributed by atoms with Crippen LogP contribution in [0.25, 0.3) is 0 Å². The number of β-amino-alcohol motifs (C(OH)–C–C–N with tert-alkyl or cyclic N) is 1. The molecule has 7 nitrogen and oxygen atoms in total. The first-order chi connectivity index (χ1) is 13.9. The topological polar surface area (TPSA) is 103 Å². The summed E-state index contributed by atoms with van der Waals surface area (Å²) in [4.78, 5) is 18.3. The van der Waals surface area contributed by atoms with E-state index >= 15 is 0 Å². The Hall–Kier alpha value is -2.12. The Morgan fingerprint density at radius 3 is 2.83 bits per heavy atom. The fraction of sp³-hybridized carbons (Fsp3) is 0.636. The van der Waals surface area contributed by atoms with E-state index in [0.717, 1.165) is 19.4 Å². The maximum atomic E-state index is 11.8. The molecule has 0 bridgehead atoms. The Morgan fingerprint density at radius 2 is 2.07 bits per heavy atom. The molecule has 2 heterocycles. The van der Waals surface area contributed by atoms with Crippen LogP contribution in [-0.4, -0.2) is 70.0 Å². The third-order valence-corrected chi connectivity index (χ3v) is 6.86. The lowest BCUT2D eigenvalue weighted by Crippen LogP contribution is -2.54. The number of rotatable bonds is 5. The molecule has 1 saturated carbocycles. The van der Waals surface area contributed by atoms with Crippen LogP contribution in [0, 0.1) is 18.8 Å². The standard InChI is InChI=1S/C22H30N2O5/c1-13-16(7-4-8-19(13)25)21-23-17(12-29-21)20(26)11-24-10-15-6-3-2-5-14(15)9-18(24)22(27)28/h4,7-8,14-15,17-18,20,25-26H,2-3,5-6,9-12H2,1H3,(H,27,28)/t14-,15+,17-,18-,20+/m0/s1. The van der Waals surface area contributed by atoms with Gasteiger partial charge in [-0.3, -0.25) is 9.69 Å². The highest BCUT2D eigenvalue weighted by molar-refractivity contribution is 5.97. The molecule has 0 unspecified atom stereocenters. The van der Waals surface area contributed by atoms with Crippen LogP contribution in [-0.2, 0) is 9.53 Å². The van der Waals surface area contributed by atoms with Gasteiger partial charge < -0.3 is 20.1 Å². The van der Waals surface area contributed by atoms with Gasteiger partial charge in [0.15, 0.2) is 0 Å². The van der Waals surface area contributed by atoms with Crippen LogP contribution in [0.1, 0.15) is 43.2 Å². The fourth-order valence-electron chi connectivity index (χ4n) is 5.11. The lowest BCUT2D eigenvalue weighted by atomic mass is 9.73. The molecule has 158 valence electrons. The van der Waals surface area contributed by atoms with Gasteiger partial charge in [0.1, 0.15) is 24.4 Å². The van der Waals surface area contributed by atoms with Crippen molar-refractivity contribution in [2.45, 2.75) is 57.2 Å². The number of carboxylic acids is 1. The first-order valence-electron chi connectivity index (χ1n) is 10.6. The van der Waals surface area contributed by atoms with E-state index in [2.05, 4.69) is 4.99 Å². The van der Waals surface area contributed by atoms with Gasteiger partial charge in [0.25, 0.3) is 0 Å². The van der Waals surface area contributed by atoms with Crippen molar-refractivity contribution in [3.05, 3.63) is 29.3 Å². The van der Waals surface area contributed by atoms with E-state index in [4.69, 9.17) is 4.74 Å². The Balaban J connectivity index is 1.45. The number of likely N-dealkylation sites (tertiary alicyclic amines) is 1. The quantitative estimate of drug-likeness (QED) is 0.698. The van der Waals surface area contributed by atoms with Crippen LogP contribution < -0.4 is 0 Å². The van der Waals surface area contributed by atoms with Crippen molar-refractivity contribution in [1.29, 1.82) is 0 Å². The summed E-state index contributed by atoms with van der Waals surface area (Å²) in [6, 6.07) is 4.20. The largest absolute Gasteiger partial charge is 0.508 e. The normalized spacial score (nSPS) is 30.9. The summed E-state index contributed by atoms with van der Waals surface area (Å²) < 4.78 is 5.70. The Labute approximate surface area is 171 Å². The Kier molecular flexibility index (Phi) is 5.79. The summed E-state index contributed by atoms with van der Waals surface area (Å²) >= 11 is 0. The number of fused-ring (bicyclic) bond motifs is 1. The van der Waals surface area contributed by atoms with Crippen molar-refractivity contribution in [3.63, 3.8) is 0 Å². The summed E-state index contributed by atoms with van der Waals surface area (Å²) in [6.07, 6.45) is 4.55. The maximum Gasteiger partial charge on any atom is 0.320 e. The number of aliphatic carboxylic acids is 1.